The number of aryl methyl sites for hydroxylation is 1. The molecule has 5 aliphatic rings. The lowest BCUT2D eigenvalue weighted by Gasteiger charge is -2.30. The highest BCUT2D eigenvalue weighted by Gasteiger charge is 2.48. The van der Waals surface area contributed by atoms with Crippen LogP contribution in [0.5, 0.6) is 51.7 Å². The lowest BCUT2D eigenvalue weighted by molar-refractivity contribution is -0.00192. The van der Waals surface area contributed by atoms with Crippen molar-refractivity contribution in [2.45, 2.75) is 109 Å². The number of carbonyl (C=O) groups excluding carboxylic acids is 3. The van der Waals surface area contributed by atoms with Crippen LogP contribution in [0.2, 0.25) is 15.1 Å². The maximum Gasteiger partial charge on any atom is 0.181 e. The van der Waals surface area contributed by atoms with Gasteiger partial charge in [0.25, 0.3) is 0 Å². The molecule has 3 aromatic heterocycles. The molecule has 6 heterocycles. The summed E-state index contributed by atoms with van der Waals surface area (Å²) >= 11 is 18.1. The number of halogens is 6. The summed E-state index contributed by atoms with van der Waals surface area (Å²) in [6.45, 7) is 6.38. The van der Waals surface area contributed by atoms with Crippen molar-refractivity contribution in [1.29, 1.82) is 0 Å². The van der Waals surface area contributed by atoms with Gasteiger partial charge in [0.05, 0.1) is 67.6 Å². The Kier molecular flexibility index (Phi) is 27.3. The zero-order valence-electron chi connectivity index (χ0n) is 63.2. The molecule has 6 aromatic carbocycles. The molecular formula is C89H87Cl3F3N3O15. The molecule has 2 unspecified atom stereocenters. The van der Waals surface area contributed by atoms with Crippen molar-refractivity contribution in [2.75, 3.05) is 67.6 Å². The second-order valence-corrected chi connectivity index (χ2v) is 29.1. The van der Waals surface area contributed by atoms with E-state index in [0.29, 0.717) is 153 Å². The van der Waals surface area contributed by atoms with Crippen LogP contribution >= 0.6 is 34.8 Å². The molecule has 2 fully saturated rings. The maximum absolute atomic E-state index is 13.9. The number of carbonyl (C=O) groups is 3. The number of hydrogen-bond acceptors (Lipinski definition) is 18. The van der Waals surface area contributed by atoms with Gasteiger partial charge in [-0.15, -0.1) is 0 Å². The fourth-order valence-corrected chi connectivity index (χ4v) is 14.3. The van der Waals surface area contributed by atoms with Gasteiger partial charge < -0.3 is 58.0 Å². The van der Waals surface area contributed by atoms with Crippen molar-refractivity contribution < 1.29 is 85.5 Å². The second kappa shape index (κ2) is 37.6. The number of rotatable bonds is 32. The molecule has 0 amide bonds. The van der Waals surface area contributed by atoms with E-state index in [9.17, 15) is 37.8 Å². The predicted octanol–water partition coefficient (Wildman–Crippen LogP) is 19.5. The third kappa shape index (κ3) is 19.7. The quantitative estimate of drug-likeness (QED) is 0.0333. The van der Waals surface area contributed by atoms with E-state index in [1.54, 1.807) is 74.9 Å². The number of aliphatic hydroxyl groups is 3. The molecule has 113 heavy (non-hydrogen) atoms. The van der Waals surface area contributed by atoms with Gasteiger partial charge in [0.15, 0.2) is 69.1 Å². The van der Waals surface area contributed by atoms with Gasteiger partial charge in [-0.2, -0.15) is 0 Å². The average molecular weight is 1600 g/mol. The first-order valence-electron chi connectivity index (χ1n) is 37.6. The highest BCUT2D eigenvalue weighted by Crippen LogP contribution is 2.52. The molecular weight excluding hydrogens is 1510 g/mol. The Morgan fingerprint density at radius 3 is 1.29 bits per heavy atom. The first-order chi connectivity index (χ1) is 54.7. The Morgan fingerprint density at radius 2 is 0.867 bits per heavy atom. The number of methoxy groups -OCH3 is 3. The largest absolute Gasteiger partial charge is 0.493 e. The fourth-order valence-electron chi connectivity index (χ4n) is 13.7. The molecule has 2 atom stereocenters. The monoisotopic (exact) mass is 1600 g/mol. The number of hydrogen-bond donors (Lipinski definition) is 3. The number of fused-ring (bicyclic) bond motifs is 3. The molecule has 590 valence electrons. The highest BCUT2D eigenvalue weighted by molar-refractivity contribution is 6.31. The van der Waals surface area contributed by atoms with Gasteiger partial charge in [0, 0.05) is 63.8 Å². The number of ketones is 3. The van der Waals surface area contributed by atoms with Crippen molar-refractivity contribution in [3.05, 3.63) is 229 Å². The lowest BCUT2D eigenvalue weighted by atomic mass is 9.85. The number of benzene rings is 6. The summed E-state index contributed by atoms with van der Waals surface area (Å²) in [6, 6.07) is 34.3. The molecule has 18 nitrogen and oxygen atoms in total. The summed E-state index contributed by atoms with van der Waals surface area (Å²) in [5.74, 6) is 2.87. The van der Waals surface area contributed by atoms with E-state index in [1.807, 2.05) is 80.6 Å². The van der Waals surface area contributed by atoms with Crippen LogP contribution in [0, 0.1) is 29.3 Å². The summed E-state index contributed by atoms with van der Waals surface area (Å²) in [4.78, 5) is 53.4. The van der Waals surface area contributed by atoms with Crippen LogP contribution < -0.4 is 42.6 Å². The molecule has 3 N–H and O–H groups in total. The summed E-state index contributed by atoms with van der Waals surface area (Å²) in [5, 5.41) is 33.0. The highest BCUT2D eigenvalue weighted by atomic mass is 35.5. The predicted molar refractivity (Wildman–Crippen MR) is 428 cm³/mol. The number of aliphatic hydroxyl groups excluding tert-OH is 1. The van der Waals surface area contributed by atoms with Crippen LogP contribution in [-0.2, 0) is 17.6 Å². The molecule has 3 aliphatic heterocycles. The summed E-state index contributed by atoms with van der Waals surface area (Å²) in [5.41, 5.74) is 6.24. The molecule has 0 radical (unpaired) electrons. The number of ether oxygens (including phenoxy) is 9. The van der Waals surface area contributed by atoms with Gasteiger partial charge in [0.1, 0.15) is 77.9 Å². The van der Waals surface area contributed by atoms with Gasteiger partial charge >= 0.3 is 0 Å². The third-order valence-corrected chi connectivity index (χ3v) is 20.8. The van der Waals surface area contributed by atoms with Gasteiger partial charge in [-0.1, -0.05) is 72.9 Å². The minimum Gasteiger partial charge on any atom is -0.493 e. The van der Waals surface area contributed by atoms with Crippen LogP contribution in [0.3, 0.4) is 0 Å². The van der Waals surface area contributed by atoms with E-state index in [2.05, 4.69) is 4.98 Å². The van der Waals surface area contributed by atoms with E-state index in [-0.39, 0.29) is 88.8 Å². The van der Waals surface area contributed by atoms with Crippen LogP contribution in [0.15, 0.2) is 146 Å². The average Bonchev–Trinajstić information content (AvgIpc) is 1.72. The minimum absolute atomic E-state index is 0.0000345. The minimum atomic E-state index is -1.32. The molecule has 2 saturated carbocycles. The van der Waals surface area contributed by atoms with Crippen molar-refractivity contribution in [3.63, 3.8) is 0 Å². The zero-order chi connectivity index (χ0) is 79.9. The Labute approximate surface area is 669 Å². The third-order valence-electron chi connectivity index (χ3n) is 19.9. The summed E-state index contributed by atoms with van der Waals surface area (Å²) in [7, 11) is 4.64. The first-order valence-corrected chi connectivity index (χ1v) is 38.8. The number of nitrogens with zero attached hydrogens (tertiary/aromatic N) is 3. The van der Waals surface area contributed by atoms with E-state index in [0.717, 1.165) is 68.1 Å². The van der Waals surface area contributed by atoms with E-state index < -0.39 is 28.7 Å². The standard InChI is InChI=1S/C31H31ClFNO5.C30H31ClFNO5.C28H25ClFNO5/c1-3-14-38-26-11-7-19(17-27(26)37-2)25(35)12-13-31(36,22-8-9-22)28-18-21-5-4-15-39-30(21)29(34-28)20-6-10-24(33)23(32)16-20;1-36-26-16-19(6-11-25(26)37-15-13-34)4-2-12-30(35,22-8-9-22)27-18-21-5-3-14-38-29(21)28(33-27)20-7-10-24(32)23(31)17-20;1-3-12-35-25-11-7-17(16-26(25)34-2)23(32)9-10-24(33)22-15-19-5-4-13-36-28(19)27(31-22)18-6-8-21(30)20(29)14-18/h4-7,10-11,16-18,22,36H,3,8-9,12-15H2,1-2H3;3,5-7,10-11,16-18,22,34-35H,2,4,8-9,12-15H2,1H3;4-8,11,14-16H,3,9-10,12-13H2,1-2H3. The van der Waals surface area contributed by atoms with Crippen LogP contribution in [0.25, 0.3) is 52.0 Å². The Bertz CT molecular complexity index is 5090. The summed E-state index contributed by atoms with van der Waals surface area (Å²) in [6.07, 6.45) is 18.9. The Morgan fingerprint density at radius 1 is 0.469 bits per heavy atom. The molecule has 9 aromatic rings. The molecule has 0 saturated heterocycles. The van der Waals surface area contributed by atoms with Crippen molar-refractivity contribution >= 4 is 70.4 Å². The van der Waals surface area contributed by atoms with E-state index in [1.165, 1.54) is 43.5 Å². The van der Waals surface area contributed by atoms with Crippen molar-refractivity contribution in [2.24, 2.45) is 11.8 Å². The topological polar surface area (TPSA) is 234 Å². The molecule has 14 rings (SSSR count). The second-order valence-electron chi connectivity index (χ2n) is 27.9. The summed E-state index contributed by atoms with van der Waals surface area (Å²) < 4.78 is 92.1. The van der Waals surface area contributed by atoms with E-state index >= 15 is 0 Å². The zero-order valence-corrected chi connectivity index (χ0v) is 65.5. The maximum atomic E-state index is 13.9. The number of Topliss-reactive ketones (excluding diaryl/α,β-unsaturated/α-hetero) is 3. The smallest absolute Gasteiger partial charge is 0.181 e. The Hall–Kier alpha value is -10.3. The van der Waals surface area contributed by atoms with Crippen LogP contribution in [-0.4, -0.2) is 115 Å². The number of aromatic nitrogens is 3. The first kappa shape index (κ1) is 82.2. The Balaban J connectivity index is 0.000000157. The van der Waals surface area contributed by atoms with Gasteiger partial charge in [0.2, 0.25) is 0 Å². The fraction of sp³-hybridized carbons (Fsp3) is 0.326. The van der Waals surface area contributed by atoms with Crippen molar-refractivity contribution in [3.8, 4) is 85.5 Å². The molecule has 0 bridgehead atoms. The van der Waals surface area contributed by atoms with E-state index in [4.69, 9.17) is 92.5 Å². The SMILES string of the molecule is CCCOc1ccc(C(=O)CCC(=O)c2cc3c(c(-c4ccc(F)c(Cl)c4)n2)OCC=C3)cc1OC.CCCOc1ccc(C(=O)CCC(O)(c2cc3c(c(-c4ccc(F)c(Cl)c4)n2)OCC=C3)C2CC2)cc1OC.COc1cc(CCCC(O)(c2cc3c(c(-c4ccc(F)c(Cl)c4)n2)OCC=C3)C2CC2)ccc1OCCO. The lowest BCUT2D eigenvalue weighted by Crippen LogP contribution is -2.31. The van der Waals surface area contributed by atoms with Crippen LogP contribution in [0.1, 0.15) is 156 Å². The van der Waals surface area contributed by atoms with Gasteiger partial charge in [-0.25, -0.2) is 28.1 Å². The molecule has 0 spiro atoms. The molecule has 2 aliphatic carbocycles. The van der Waals surface area contributed by atoms with Crippen LogP contribution in [0.4, 0.5) is 13.2 Å². The normalized spacial score (nSPS) is 14.6. The van der Waals surface area contributed by atoms with Crippen molar-refractivity contribution in [1.82, 2.24) is 15.0 Å². The van der Waals surface area contributed by atoms with Gasteiger partial charge in [-0.3, -0.25) is 14.4 Å². The molecule has 24 heteroatoms. The number of pyridine rings is 3. The van der Waals surface area contributed by atoms with Gasteiger partial charge in [-0.05, 0) is 221 Å².